The van der Waals surface area contributed by atoms with Gasteiger partial charge >= 0.3 is 0 Å². The van der Waals surface area contributed by atoms with E-state index in [4.69, 9.17) is 10.5 Å². The van der Waals surface area contributed by atoms with E-state index in [1.807, 2.05) is 6.07 Å². The second-order valence-corrected chi connectivity index (χ2v) is 6.30. The Hall–Kier alpha value is -1.86. The summed E-state index contributed by atoms with van der Waals surface area (Å²) in [5, 5.41) is 2.75. The van der Waals surface area contributed by atoms with Crippen LogP contribution in [0.3, 0.4) is 0 Å². The minimum absolute atomic E-state index is 0.199. The largest absolute Gasteiger partial charge is 0.484 e. The molecule has 0 aliphatic heterocycles. The lowest BCUT2D eigenvalue weighted by molar-refractivity contribution is -0.119. The van der Waals surface area contributed by atoms with E-state index in [0.717, 1.165) is 3.79 Å². The molecule has 2 rings (SSSR count). The Kier molecular flexibility index (Phi) is 4.75. The summed E-state index contributed by atoms with van der Waals surface area (Å²) in [7, 11) is 0. The summed E-state index contributed by atoms with van der Waals surface area (Å²) >= 11 is 4.65. The van der Waals surface area contributed by atoms with Gasteiger partial charge < -0.3 is 15.8 Å². The zero-order chi connectivity index (χ0) is 14.5. The zero-order valence-electron chi connectivity index (χ0n) is 10.3. The highest BCUT2D eigenvalue weighted by molar-refractivity contribution is 9.11. The van der Waals surface area contributed by atoms with Crippen molar-refractivity contribution < 1.29 is 14.3 Å². The molecule has 0 fully saturated rings. The number of nitrogens with one attached hydrogen (secondary N) is 1. The maximum Gasteiger partial charge on any atom is 0.265 e. The van der Waals surface area contributed by atoms with Crippen LogP contribution in [0.1, 0.15) is 9.67 Å². The molecule has 0 aliphatic carbocycles. The number of amides is 2. The predicted octanol–water partition coefficient (Wildman–Crippen LogP) is 2.63. The smallest absolute Gasteiger partial charge is 0.265 e. The van der Waals surface area contributed by atoms with Crippen LogP contribution in [0.2, 0.25) is 0 Å². The van der Waals surface area contributed by atoms with E-state index in [-0.39, 0.29) is 12.5 Å². The van der Waals surface area contributed by atoms with Gasteiger partial charge in [-0.2, -0.15) is 0 Å². The molecule has 0 saturated heterocycles. The lowest BCUT2D eigenvalue weighted by atomic mass is 10.3. The molecule has 0 bridgehead atoms. The average molecular weight is 355 g/mol. The first-order chi connectivity index (χ1) is 9.54. The second-order valence-electron chi connectivity index (χ2n) is 3.84. The topological polar surface area (TPSA) is 81.4 Å². The van der Waals surface area contributed by atoms with Crippen LogP contribution in [0.4, 0.5) is 5.69 Å². The number of carbonyl (C=O) groups is 2. The Balaban J connectivity index is 2.04. The van der Waals surface area contributed by atoms with Crippen LogP contribution in [0, 0.1) is 0 Å². The van der Waals surface area contributed by atoms with Crippen LogP contribution < -0.4 is 15.8 Å². The molecule has 1 heterocycles. The minimum Gasteiger partial charge on any atom is -0.484 e. The molecule has 0 radical (unpaired) electrons. The number of carbonyl (C=O) groups excluding carboxylic acids is 2. The fraction of sp³-hybridized carbons (Fsp3) is 0.0769. The molecule has 1 aromatic heterocycles. The normalized spacial score (nSPS) is 10.1. The second kappa shape index (κ2) is 6.53. The number of rotatable bonds is 5. The summed E-state index contributed by atoms with van der Waals surface area (Å²) in [4.78, 5) is 23.2. The van der Waals surface area contributed by atoms with Gasteiger partial charge in [0.25, 0.3) is 11.8 Å². The Morgan fingerprint density at radius 3 is 2.75 bits per heavy atom. The number of hydrogen-bond acceptors (Lipinski definition) is 4. The first kappa shape index (κ1) is 14.5. The van der Waals surface area contributed by atoms with Crippen LogP contribution >= 0.6 is 27.3 Å². The highest BCUT2D eigenvalue weighted by Crippen LogP contribution is 2.24. The number of benzene rings is 1. The van der Waals surface area contributed by atoms with Gasteiger partial charge in [0.05, 0.1) is 8.66 Å². The number of primary amides is 1. The first-order valence-electron chi connectivity index (χ1n) is 5.62. The van der Waals surface area contributed by atoms with Crippen molar-refractivity contribution in [2.24, 2.45) is 5.73 Å². The summed E-state index contributed by atoms with van der Waals surface area (Å²) in [6, 6.07) is 10.3. The molecule has 2 aromatic rings. The van der Waals surface area contributed by atoms with Crippen molar-refractivity contribution in [1.29, 1.82) is 0 Å². The molecule has 0 atom stereocenters. The highest BCUT2D eigenvalue weighted by Gasteiger charge is 2.09. The van der Waals surface area contributed by atoms with Crippen LogP contribution in [-0.4, -0.2) is 18.4 Å². The van der Waals surface area contributed by atoms with Gasteiger partial charge in [-0.3, -0.25) is 9.59 Å². The molecule has 1 aromatic carbocycles. The lowest BCUT2D eigenvalue weighted by Gasteiger charge is -2.07. The zero-order valence-corrected chi connectivity index (χ0v) is 12.7. The molecule has 20 heavy (non-hydrogen) atoms. The van der Waals surface area contributed by atoms with Gasteiger partial charge in [-0.05, 0) is 40.2 Å². The van der Waals surface area contributed by atoms with Crippen molar-refractivity contribution in [3.05, 3.63) is 45.1 Å². The van der Waals surface area contributed by atoms with E-state index in [2.05, 4.69) is 21.2 Å². The van der Waals surface area contributed by atoms with Crippen molar-refractivity contribution in [2.75, 3.05) is 11.9 Å². The maximum atomic E-state index is 12.0. The minimum atomic E-state index is -0.553. The first-order valence-corrected chi connectivity index (χ1v) is 7.23. The molecule has 104 valence electrons. The number of hydrogen-bond donors (Lipinski definition) is 2. The third kappa shape index (κ3) is 4.07. The van der Waals surface area contributed by atoms with Gasteiger partial charge in [0.15, 0.2) is 6.61 Å². The number of thiophene rings is 1. The summed E-state index contributed by atoms with van der Waals surface area (Å²) in [5.74, 6) is -0.287. The van der Waals surface area contributed by atoms with E-state index >= 15 is 0 Å². The lowest BCUT2D eigenvalue weighted by Crippen LogP contribution is -2.20. The van der Waals surface area contributed by atoms with Gasteiger partial charge in [0.1, 0.15) is 5.75 Å². The fourth-order valence-electron chi connectivity index (χ4n) is 1.45. The predicted molar refractivity (Wildman–Crippen MR) is 81.1 cm³/mol. The summed E-state index contributed by atoms with van der Waals surface area (Å²) < 4.78 is 6.06. The molecule has 0 aliphatic rings. The van der Waals surface area contributed by atoms with Gasteiger partial charge in [-0.15, -0.1) is 11.3 Å². The fourth-order valence-corrected chi connectivity index (χ4v) is 2.73. The summed E-state index contributed by atoms with van der Waals surface area (Å²) in [6.45, 7) is -0.199. The number of ether oxygens (including phenoxy) is 1. The van der Waals surface area contributed by atoms with E-state index in [1.54, 1.807) is 30.3 Å². The summed E-state index contributed by atoms with van der Waals surface area (Å²) in [5.41, 5.74) is 5.59. The standard InChI is InChI=1S/C13H11BrN2O3S/c14-11-5-4-10(20-11)13(18)16-8-2-1-3-9(6-8)19-7-12(15)17/h1-6H,7H2,(H2,15,17)(H,16,18). The van der Waals surface area contributed by atoms with E-state index < -0.39 is 5.91 Å². The van der Waals surface area contributed by atoms with Crippen molar-refractivity contribution in [3.8, 4) is 5.75 Å². The molecule has 0 spiro atoms. The molecule has 0 unspecified atom stereocenters. The Labute approximate surface area is 127 Å². The van der Waals surface area contributed by atoms with Gasteiger partial charge in [-0.1, -0.05) is 6.07 Å². The SMILES string of the molecule is NC(=O)COc1cccc(NC(=O)c2ccc(Br)s2)c1. The molecule has 0 saturated carbocycles. The van der Waals surface area contributed by atoms with Crippen molar-refractivity contribution >= 4 is 44.8 Å². The number of anilines is 1. The molecule has 3 N–H and O–H groups in total. The Morgan fingerprint density at radius 1 is 1.30 bits per heavy atom. The molecule has 5 nitrogen and oxygen atoms in total. The monoisotopic (exact) mass is 354 g/mol. The van der Waals surface area contributed by atoms with E-state index in [1.165, 1.54) is 11.3 Å². The van der Waals surface area contributed by atoms with E-state index in [0.29, 0.717) is 16.3 Å². The van der Waals surface area contributed by atoms with Crippen LogP contribution in [0.15, 0.2) is 40.2 Å². The van der Waals surface area contributed by atoms with Crippen molar-refractivity contribution in [2.45, 2.75) is 0 Å². The van der Waals surface area contributed by atoms with Crippen molar-refractivity contribution in [1.82, 2.24) is 0 Å². The number of nitrogens with two attached hydrogens (primary N) is 1. The van der Waals surface area contributed by atoms with E-state index in [9.17, 15) is 9.59 Å². The molecule has 2 amide bonds. The summed E-state index contributed by atoms with van der Waals surface area (Å²) in [6.07, 6.45) is 0. The molecular weight excluding hydrogens is 344 g/mol. The van der Waals surface area contributed by atoms with Gasteiger partial charge in [-0.25, -0.2) is 0 Å². The van der Waals surface area contributed by atoms with Crippen LogP contribution in [-0.2, 0) is 4.79 Å². The quantitative estimate of drug-likeness (QED) is 0.865. The Morgan fingerprint density at radius 2 is 2.10 bits per heavy atom. The third-order valence-electron chi connectivity index (χ3n) is 2.27. The van der Waals surface area contributed by atoms with Crippen molar-refractivity contribution in [3.63, 3.8) is 0 Å². The third-order valence-corrected chi connectivity index (χ3v) is 3.89. The average Bonchev–Trinajstić information content (AvgIpc) is 2.84. The van der Waals surface area contributed by atoms with Crippen LogP contribution in [0.25, 0.3) is 0 Å². The maximum absolute atomic E-state index is 12.0. The van der Waals surface area contributed by atoms with Gasteiger partial charge in [0.2, 0.25) is 0 Å². The van der Waals surface area contributed by atoms with Gasteiger partial charge in [0, 0.05) is 11.8 Å². The number of halogens is 1. The highest BCUT2D eigenvalue weighted by atomic mass is 79.9. The van der Waals surface area contributed by atoms with Crippen LogP contribution in [0.5, 0.6) is 5.75 Å². The molecule has 7 heteroatoms. The Bertz CT molecular complexity index is 642. The molecular formula is C13H11BrN2O3S.